The SMILES string of the molecule is CS(=O)(=O)CCSCc1cc(F)cc(C#CCCO)c1. The zero-order chi connectivity index (χ0) is 15.0. The second-order valence-corrected chi connectivity index (χ2v) is 7.67. The summed E-state index contributed by atoms with van der Waals surface area (Å²) in [7, 11) is -2.95. The number of aliphatic hydroxyl groups is 1. The number of thioether (sulfide) groups is 1. The van der Waals surface area contributed by atoms with Gasteiger partial charge in [-0.1, -0.05) is 11.8 Å². The smallest absolute Gasteiger partial charge is 0.148 e. The molecule has 0 aliphatic rings. The fraction of sp³-hybridized carbons (Fsp3) is 0.429. The van der Waals surface area contributed by atoms with Gasteiger partial charge in [-0.15, -0.1) is 0 Å². The summed E-state index contributed by atoms with van der Waals surface area (Å²) in [6.07, 6.45) is 1.56. The number of hydrogen-bond donors (Lipinski definition) is 1. The number of halogens is 1. The molecule has 110 valence electrons. The molecule has 0 radical (unpaired) electrons. The Balaban J connectivity index is 2.60. The Morgan fingerprint density at radius 2 is 2.10 bits per heavy atom. The highest BCUT2D eigenvalue weighted by Crippen LogP contribution is 2.16. The van der Waals surface area contributed by atoms with Gasteiger partial charge in [0.1, 0.15) is 15.7 Å². The molecule has 20 heavy (non-hydrogen) atoms. The highest BCUT2D eigenvalue weighted by molar-refractivity contribution is 7.99. The van der Waals surface area contributed by atoms with E-state index in [1.165, 1.54) is 30.2 Å². The van der Waals surface area contributed by atoms with Crippen LogP contribution in [0.4, 0.5) is 4.39 Å². The van der Waals surface area contributed by atoms with Crippen LogP contribution in [0.1, 0.15) is 17.5 Å². The molecule has 0 saturated heterocycles. The lowest BCUT2D eigenvalue weighted by atomic mass is 10.1. The van der Waals surface area contributed by atoms with Crippen LogP contribution < -0.4 is 0 Å². The van der Waals surface area contributed by atoms with Crippen LogP contribution in [0, 0.1) is 17.7 Å². The normalized spacial score (nSPS) is 10.9. The van der Waals surface area contributed by atoms with Crippen molar-refractivity contribution in [1.29, 1.82) is 0 Å². The quantitative estimate of drug-likeness (QED) is 0.643. The molecule has 0 amide bonds. The van der Waals surface area contributed by atoms with Crippen molar-refractivity contribution in [1.82, 2.24) is 0 Å². The highest BCUT2D eigenvalue weighted by atomic mass is 32.2. The number of hydrogen-bond acceptors (Lipinski definition) is 4. The Bertz CT molecular complexity index is 601. The van der Waals surface area contributed by atoms with Crippen LogP contribution in [-0.2, 0) is 15.6 Å². The second kappa shape index (κ2) is 8.30. The molecule has 1 N–H and O–H groups in total. The molecule has 0 saturated carbocycles. The molecule has 0 aliphatic heterocycles. The standard InChI is InChI=1S/C14H17FO3S2/c1-20(17,18)7-6-19-11-13-8-12(4-2-3-5-16)9-14(15)10-13/h8-10,16H,3,5-7,11H2,1H3. The van der Waals surface area contributed by atoms with Crippen molar-refractivity contribution < 1.29 is 17.9 Å². The van der Waals surface area contributed by atoms with Gasteiger partial charge in [-0.05, 0) is 23.8 Å². The predicted molar refractivity (Wildman–Crippen MR) is 80.9 cm³/mol. The van der Waals surface area contributed by atoms with Crippen molar-refractivity contribution >= 4 is 21.6 Å². The van der Waals surface area contributed by atoms with E-state index in [9.17, 15) is 12.8 Å². The average Bonchev–Trinajstić information content (AvgIpc) is 2.33. The van der Waals surface area contributed by atoms with Crippen LogP contribution in [0.5, 0.6) is 0 Å². The average molecular weight is 316 g/mol. The maximum absolute atomic E-state index is 13.4. The van der Waals surface area contributed by atoms with Gasteiger partial charge >= 0.3 is 0 Å². The van der Waals surface area contributed by atoms with Gasteiger partial charge < -0.3 is 5.11 Å². The third-order valence-electron chi connectivity index (χ3n) is 2.29. The van der Waals surface area contributed by atoms with Crippen LogP contribution in [0.25, 0.3) is 0 Å². The first-order chi connectivity index (χ1) is 9.40. The number of aliphatic hydroxyl groups excluding tert-OH is 1. The Morgan fingerprint density at radius 1 is 1.35 bits per heavy atom. The Hall–Kier alpha value is -1.03. The van der Waals surface area contributed by atoms with Crippen molar-refractivity contribution in [3.63, 3.8) is 0 Å². The van der Waals surface area contributed by atoms with Gasteiger partial charge in [0.25, 0.3) is 0 Å². The van der Waals surface area contributed by atoms with Gasteiger partial charge in [-0.2, -0.15) is 11.8 Å². The van der Waals surface area contributed by atoms with Gasteiger partial charge in [0.15, 0.2) is 0 Å². The molecule has 1 aromatic carbocycles. The van der Waals surface area contributed by atoms with Crippen molar-refractivity contribution in [2.75, 3.05) is 24.4 Å². The molecule has 0 aliphatic carbocycles. The maximum Gasteiger partial charge on any atom is 0.148 e. The van der Waals surface area contributed by atoms with Crippen molar-refractivity contribution in [3.05, 3.63) is 35.1 Å². The van der Waals surface area contributed by atoms with E-state index >= 15 is 0 Å². The number of rotatable bonds is 6. The first-order valence-corrected chi connectivity index (χ1v) is 9.27. The molecule has 0 heterocycles. The summed E-state index contributed by atoms with van der Waals surface area (Å²) < 4.78 is 35.4. The molecule has 1 aromatic rings. The first-order valence-electron chi connectivity index (χ1n) is 6.05. The number of sulfone groups is 1. The van der Waals surface area contributed by atoms with Gasteiger partial charge in [-0.3, -0.25) is 0 Å². The zero-order valence-corrected chi connectivity index (χ0v) is 12.9. The fourth-order valence-corrected chi connectivity index (χ4v) is 3.66. The van der Waals surface area contributed by atoms with E-state index < -0.39 is 9.84 Å². The van der Waals surface area contributed by atoms with Gasteiger partial charge in [0.05, 0.1) is 12.4 Å². The molecule has 0 spiro atoms. The van der Waals surface area contributed by atoms with Gasteiger partial charge in [0, 0.05) is 29.7 Å². The summed E-state index contributed by atoms with van der Waals surface area (Å²) in [5.41, 5.74) is 1.34. The van der Waals surface area contributed by atoms with Gasteiger partial charge in [0.2, 0.25) is 0 Å². The predicted octanol–water partition coefficient (Wildman–Crippen LogP) is 1.84. The number of benzene rings is 1. The van der Waals surface area contributed by atoms with Gasteiger partial charge in [-0.25, -0.2) is 12.8 Å². The molecule has 0 unspecified atom stereocenters. The second-order valence-electron chi connectivity index (χ2n) is 4.31. The van der Waals surface area contributed by atoms with E-state index in [4.69, 9.17) is 5.11 Å². The van der Waals surface area contributed by atoms with Crippen LogP contribution in [0.2, 0.25) is 0 Å². The topological polar surface area (TPSA) is 54.4 Å². The first kappa shape index (κ1) is 17.0. The summed E-state index contributed by atoms with van der Waals surface area (Å²) in [6, 6.07) is 4.54. The highest BCUT2D eigenvalue weighted by Gasteiger charge is 2.03. The lowest BCUT2D eigenvalue weighted by Crippen LogP contribution is -2.05. The molecular formula is C14H17FO3S2. The molecule has 0 fully saturated rings. The Kier molecular flexibility index (Phi) is 7.06. The van der Waals surface area contributed by atoms with Crippen LogP contribution in [0.15, 0.2) is 18.2 Å². The van der Waals surface area contributed by atoms with E-state index in [1.54, 1.807) is 6.07 Å². The minimum absolute atomic E-state index is 0.0173. The van der Waals surface area contributed by atoms with Crippen molar-refractivity contribution in [2.24, 2.45) is 0 Å². The lowest BCUT2D eigenvalue weighted by Gasteiger charge is -2.03. The summed E-state index contributed by atoms with van der Waals surface area (Å²) in [5, 5.41) is 8.63. The third kappa shape index (κ3) is 7.53. The molecular weight excluding hydrogens is 299 g/mol. The third-order valence-corrected chi connectivity index (χ3v) is 4.53. The fourth-order valence-electron chi connectivity index (χ4n) is 1.43. The molecule has 1 rings (SSSR count). The minimum Gasteiger partial charge on any atom is -0.395 e. The largest absolute Gasteiger partial charge is 0.395 e. The van der Waals surface area contributed by atoms with Crippen molar-refractivity contribution in [3.8, 4) is 11.8 Å². The molecule has 0 bridgehead atoms. The van der Waals surface area contributed by atoms with E-state index in [0.717, 1.165) is 5.56 Å². The maximum atomic E-state index is 13.4. The van der Waals surface area contributed by atoms with E-state index in [0.29, 0.717) is 23.5 Å². The van der Waals surface area contributed by atoms with Crippen molar-refractivity contribution in [2.45, 2.75) is 12.2 Å². The summed E-state index contributed by atoms with van der Waals surface area (Å²) in [4.78, 5) is 0. The van der Waals surface area contributed by atoms with Crippen LogP contribution in [0.3, 0.4) is 0 Å². The van der Waals surface area contributed by atoms with Crippen LogP contribution in [-0.4, -0.2) is 37.9 Å². The molecule has 0 atom stereocenters. The molecule has 0 aromatic heterocycles. The molecule has 3 nitrogen and oxygen atoms in total. The Morgan fingerprint density at radius 3 is 2.75 bits per heavy atom. The van der Waals surface area contributed by atoms with E-state index in [1.807, 2.05) is 0 Å². The summed E-state index contributed by atoms with van der Waals surface area (Å²) in [5.74, 6) is 6.32. The summed E-state index contributed by atoms with van der Waals surface area (Å²) in [6.45, 7) is -0.0173. The summed E-state index contributed by atoms with van der Waals surface area (Å²) >= 11 is 1.44. The molecule has 6 heteroatoms. The monoisotopic (exact) mass is 316 g/mol. The minimum atomic E-state index is -2.95. The van der Waals surface area contributed by atoms with Crippen LogP contribution >= 0.6 is 11.8 Å². The van der Waals surface area contributed by atoms with E-state index in [-0.39, 0.29) is 18.2 Å². The van der Waals surface area contributed by atoms with E-state index in [2.05, 4.69) is 11.8 Å². The lowest BCUT2D eigenvalue weighted by molar-refractivity contribution is 0.305. The zero-order valence-electron chi connectivity index (χ0n) is 11.2. The Labute approximate surface area is 123 Å².